The van der Waals surface area contributed by atoms with Crippen LogP contribution in [0.4, 0.5) is 5.69 Å². The third kappa shape index (κ3) is 6.44. The first kappa shape index (κ1) is 29.7. The van der Waals surface area contributed by atoms with Crippen molar-refractivity contribution >= 4 is 29.0 Å². The molecule has 0 saturated carbocycles. The molecule has 1 aromatic heterocycles. The lowest BCUT2D eigenvalue weighted by atomic mass is 9.95. The zero-order valence-electron chi connectivity index (χ0n) is 24.8. The van der Waals surface area contributed by atoms with Gasteiger partial charge in [-0.2, -0.15) is 0 Å². The Bertz CT molecular complexity index is 2030. The maximum absolute atomic E-state index is 14.1. The van der Waals surface area contributed by atoms with Gasteiger partial charge >= 0.3 is 0 Å². The standard InChI is InChI=1S/C36H31N3O5S/c1-24-32(34(40)38-27-16-7-4-8-17-27)33(25-13-5-3-6-14-25)39-35(41)31(45-36(39)37-24)23-26-15-9-10-18-28(26)43-21-22-44-30-20-12-11-19-29(30)42-2/h3-20,23,33H,21-22H2,1-2H3,(H,38,40)/t33-/m1/s1. The van der Waals surface area contributed by atoms with Crippen molar-refractivity contribution in [2.24, 2.45) is 4.99 Å². The minimum atomic E-state index is -0.646. The number of fused-ring (bicyclic) bond motifs is 1. The molecule has 0 aliphatic carbocycles. The van der Waals surface area contributed by atoms with E-state index in [-0.39, 0.29) is 18.1 Å². The number of carbonyl (C=O) groups excluding carboxylic acids is 1. The van der Waals surface area contributed by atoms with Crippen LogP contribution in [0.1, 0.15) is 24.1 Å². The lowest BCUT2D eigenvalue weighted by molar-refractivity contribution is -0.113. The number of carbonyl (C=O) groups is 1. The van der Waals surface area contributed by atoms with E-state index in [0.29, 0.717) is 50.1 Å². The zero-order valence-corrected chi connectivity index (χ0v) is 25.6. The predicted octanol–water partition coefficient (Wildman–Crippen LogP) is 5.34. The highest BCUT2D eigenvalue weighted by atomic mass is 32.1. The van der Waals surface area contributed by atoms with Gasteiger partial charge in [0.25, 0.3) is 11.5 Å². The van der Waals surface area contributed by atoms with Crippen molar-refractivity contribution in [1.29, 1.82) is 0 Å². The van der Waals surface area contributed by atoms with E-state index in [4.69, 9.17) is 19.2 Å². The molecule has 5 aromatic rings. The van der Waals surface area contributed by atoms with Gasteiger partial charge in [0.15, 0.2) is 16.3 Å². The van der Waals surface area contributed by atoms with Crippen molar-refractivity contribution < 1.29 is 19.0 Å². The van der Waals surface area contributed by atoms with E-state index in [1.165, 1.54) is 11.3 Å². The highest BCUT2D eigenvalue weighted by Crippen LogP contribution is 2.31. The summed E-state index contributed by atoms with van der Waals surface area (Å²) >= 11 is 1.28. The van der Waals surface area contributed by atoms with Crippen molar-refractivity contribution in [3.05, 3.63) is 151 Å². The molecule has 0 spiro atoms. The Hall–Kier alpha value is -5.41. The normalized spacial score (nSPS) is 14.4. The Morgan fingerprint density at radius 1 is 0.844 bits per heavy atom. The number of amides is 1. The summed E-state index contributed by atoms with van der Waals surface area (Å²) in [5, 5.41) is 2.98. The van der Waals surface area contributed by atoms with Crippen LogP contribution in [-0.4, -0.2) is 30.8 Å². The molecule has 1 N–H and O–H groups in total. The zero-order chi connectivity index (χ0) is 31.2. The van der Waals surface area contributed by atoms with Crippen molar-refractivity contribution in [2.75, 3.05) is 25.6 Å². The van der Waals surface area contributed by atoms with Gasteiger partial charge in [0.2, 0.25) is 0 Å². The van der Waals surface area contributed by atoms with Crippen LogP contribution in [0.3, 0.4) is 0 Å². The van der Waals surface area contributed by atoms with Gasteiger partial charge in [-0.3, -0.25) is 14.2 Å². The quantitative estimate of drug-likeness (QED) is 0.214. The molecule has 0 bridgehead atoms. The van der Waals surface area contributed by atoms with Gasteiger partial charge < -0.3 is 19.5 Å². The number of para-hydroxylation sites is 4. The fourth-order valence-electron chi connectivity index (χ4n) is 5.20. The largest absolute Gasteiger partial charge is 0.493 e. The Kier molecular flexibility index (Phi) is 8.89. The summed E-state index contributed by atoms with van der Waals surface area (Å²) < 4.78 is 19.4. The molecule has 0 radical (unpaired) electrons. The number of nitrogens with one attached hydrogen (secondary N) is 1. The molecule has 4 aromatic carbocycles. The molecule has 2 heterocycles. The number of rotatable bonds is 10. The molecule has 8 nitrogen and oxygen atoms in total. The average molecular weight is 618 g/mol. The van der Waals surface area contributed by atoms with Crippen LogP contribution in [0.2, 0.25) is 0 Å². The molecule has 6 rings (SSSR count). The number of ether oxygens (including phenoxy) is 3. The Balaban J connectivity index is 1.31. The molecule has 45 heavy (non-hydrogen) atoms. The number of allylic oxidation sites excluding steroid dienone is 1. The molecule has 226 valence electrons. The monoisotopic (exact) mass is 617 g/mol. The van der Waals surface area contributed by atoms with Crippen LogP contribution in [-0.2, 0) is 4.79 Å². The molecule has 1 atom stereocenters. The van der Waals surface area contributed by atoms with E-state index in [1.807, 2.05) is 122 Å². The van der Waals surface area contributed by atoms with E-state index >= 15 is 0 Å². The van der Waals surface area contributed by atoms with Gasteiger partial charge in [-0.25, -0.2) is 4.99 Å². The van der Waals surface area contributed by atoms with Crippen molar-refractivity contribution in [3.63, 3.8) is 0 Å². The maximum atomic E-state index is 14.1. The number of aromatic nitrogens is 1. The predicted molar refractivity (Wildman–Crippen MR) is 176 cm³/mol. The summed E-state index contributed by atoms with van der Waals surface area (Å²) in [7, 11) is 1.60. The second-order valence-electron chi connectivity index (χ2n) is 10.2. The third-order valence-corrected chi connectivity index (χ3v) is 8.27. The number of thiazole rings is 1. The summed E-state index contributed by atoms with van der Waals surface area (Å²) in [6.07, 6.45) is 1.81. The average Bonchev–Trinajstić information content (AvgIpc) is 3.37. The minimum absolute atomic E-state index is 0.237. The molecule has 9 heteroatoms. The van der Waals surface area contributed by atoms with Crippen LogP contribution in [0, 0.1) is 0 Å². The number of benzene rings is 4. The molecule has 1 amide bonds. The van der Waals surface area contributed by atoms with Gasteiger partial charge in [-0.05, 0) is 48.9 Å². The number of hydrogen-bond donors (Lipinski definition) is 1. The lowest BCUT2D eigenvalue weighted by Crippen LogP contribution is -2.40. The van der Waals surface area contributed by atoms with Gasteiger partial charge in [-0.15, -0.1) is 0 Å². The van der Waals surface area contributed by atoms with E-state index in [0.717, 1.165) is 11.1 Å². The SMILES string of the molecule is COc1ccccc1OCCOc1ccccc1C=c1sc2n(c1=O)[C@H](c1ccccc1)C(C(=O)Nc1ccccc1)=C(C)N=2. The fraction of sp³-hybridized carbons (Fsp3) is 0.139. The minimum Gasteiger partial charge on any atom is -0.493 e. The molecule has 0 fully saturated rings. The summed E-state index contributed by atoms with van der Waals surface area (Å²) in [5.74, 6) is 1.60. The fourth-order valence-corrected chi connectivity index (χ4v) is 6.23. The molecular weight excluding hydrogens is 586 g/mol. The van der Waals surface area contributed by atoms with E-state index in [1.54, 1.807) is 11.7 Å². The van der Waals surface area contributed by atoms with Crippen molar-refractivity contribution in [2.45, 2.75) is 13.0 Å². The molecule has 1 aliphatic heterocycles. The Labute approximate surface area is 264 Å². The number of hydrogen-bond acceptors (Lipinski definition) is 7. The van der Waals surface area contributed by atoms with E-state index in [2.05, 4.69) is 5.32 Å². The van der Waals surface area contributed by atoms with Crippen LogP contribution < -0.4 is 34.4 Å². The van der Waals surface area contributed by atoms with Gasteiger partial charge in [0.1, 0.15) is 19.0 Å². The molecular formula is C36H31N3O5S. The highest BCUT2D eigenvalue weighted by molar-refractivity contribution is 7.07. The topological polar surface area (TPSA) is 91.2 Å². The Morgan fingerprint density at radius 2 is 1.44 bits per heavy atom. The number of anilines is 1. The number of nitrogens with zero attached hydrogens (tertiary/aromatic N) is 2. The smallest absolute Gasteiger partial charge is 0.271 e. The van der Waals surface area contributed by atoms with Crippen LogP contribution in [0.5, 0.6) is 17.2 Å². The maximum Gasteiger partial charge on any atom is 0.271 e. The van der Waals surface area contributed by atoms with Crippen LogP contribution in [0.25, 0.3) is 6.08 Å². The number of methoxy groups -OCH3 is 1. The first-order valence-corrected chi connectivity index (χ1v) is 15.3. The van der Waals surface area contributed by atoms with Crippen molar-refractivity contribution in [1.82, 2.24) is 4.57 Å². The summed E-state index contributed by atoms with van der Waals surface area (Å²) in [6.45, 7) is 2.40. The molecule has 1 aliphatic rings. The summed E-state index contributed by atoms with van der Waals surface area (Å²) in [4.78, 5) is 33.0. The van der Waals surface area contributed by atoms with Crippen molar-refractivity contribution in [3.8, 4) is 17.2 Å². The van der Waals surface area contributed by atoms with Gasteiger partial charge in [-0.1, -0.05) is 90.2 Å². The highest BCUT2D eigenvalue weighted by Gasteiger charge is 2.32. The first-order chi connectivity index (χ1) is 22.0. The lowest BCUT2D eigenvalue weighted by Gasteiger charge is -2.25. The second-order valence-corrected chi connectivity index (χ2v) is 11.2. The first-order valence-electron chi connectivity index (χ1n) is 14.4. The summed E-state index contributed by atoms with van der Waals surface area (Å²) in [6, 6.07) is 33.1. The second kappa shape index (κ2) is 13.5. The van der Waals surface area contributed by atoms with Crippen LogP contribution in [0.15, 0.2) is 130 Å². The third-order valence-electron chi connectivity index (χ3n) is 7.29. The molecule has 0 unspecified atom stereocenters. The summed E-state index contributed by atoms with van der Waals surface area (Å²) in [5.41, 5.74) is 2.97. The van der Waals surface area contributed by atoms with Gasteiger partial charge in [0.05, 0.1) is 29.0 Å². The van der Waals surface area contributed by atoms with Crippen LogP contribution >= 0.6 is 11.3 Å². The van der Waals surface area contributed by atoms with Gasteiger partial charge in [0, 0.05) is 11.3 Å². The Morgan fingerprint density at radius 3 is 2.16 bits per heavy atom. The molecule has 0 saturated heterocycles. The van der Waals surface area contributed by atoms with E-state index < -0.39 is 6.04 Å². The van der Waals surface area contributed by atoms with E-state index in [9.17, 15) is 9.59 Å².